The smallest absolute Gasteiger partial charge is 0.272 e. The minimum Gasteiger partial charge on any atom is -0.463 e. The number of nitrogens with one attached hydrogen (secondary N) is 1. The van der Waals surface area contributed by atoms with Crippen LogP contribution in [0.15, 0.2) is 59.2 Å². The molecule has 0 spiro atoms. The van der Waals surface area contributed by atoms with Crippen LogP contribution in [-0.2, 0) is 4.79 Å². The van der Waals surface area contributed by atoms with Crippen LogP contribution >= 0.6 is 0 Å². The minimum absolute atomic E-state index is 0.0656. The molecule has 1 atom stereocenters. The fraction of sp³-hybridized carbons (Fsp3) is 0.375. The molecular weight excluding hydrogens is 406 g/mol. The van der Waals surface area contributed by atoms with E-state index in [4.69, 9.17) is 4.42 Å². The first kappa shape index (κ1) is 20.5. The average molecular weight is 434 g/mol. The molecule has 32 heavy (non-hydrogen) atoms. The quantitative estimate of drug-likeness (QED) is 0.684. The standard InChI is InChI=1S/C24H27N5O3/c30-23-20(9-4-5-11-25-23)27-12-14-28(15-13-27)24(31)21-17-19(22-10-6-16-32-22)26-29(21)18-7-2-1-3-8-18/h1-3,6-8,10,16-17,20H,4-5,9,11-15H2,(H,25,30)/t20-/m1/s1. The number of furan rings is 1. The van der Waals surface area contributed by atoms with E-state index in [1.165, 1.54) is 0 Å². The van der Waals surface area contributed by atoms with E-state index >= 15 is 0 Å². The van der Waals surface area contributed by atoms with E-state index in [9.17, 15) is 9.59 Å². The van der Waals surface area contributed by atoms with Crippen LogP contribution in [-0.4, -0.2) is 70.2 Å². The fourth-order valence-corrected chi connectivity index (χ4v) is 4.51. The maximum absolute atomic E-state index is 13.5. The first-order chi connectivity index (χ1) is 15.7. The van der Waals surface area contributed by atoms with E-state index < -0.39 is 0 Å². The molecule has 2 aliphatic rings. The fourth-order valence-electron chi connectivity index (χ4n) is 4.51. The molecule has 1 N–H and O–H groups in total. The lowest BCUT2D eigenvalue weighted by molar-refractivity contribution is -0.126. The monoisotopic (exact) mass is 433 g/mol. The SMILES string of the molecule is O=C1NCCCC[C@H]1N1CCN(C(=O)c2cc(-c3ccco3)nn2-c2ccccc2)CC1. The highest BCUT2D eigenvalue weighted by Crippen LogP contribution is 2.24. The van der Waals surface area contributed by atoms with Crippen LogP contribution in [0.5, 0.6) is 0 Å². The second kappa shape index (κ2) is 9.00. The molecule has 0 bridgehead atoms. The molecule has 8 nitrogen and oxygen atoms in total. The molecule has 4 heterocycles. The largest absolute Gasteiger partial charge is 0.463 e. The lowest BCUT2D eigenvalue weighted by atomic mass is 10.1. The van der Waals surface area contributed by atoms with Gasteiger partial charge in [-0.3, -0.25) is 14.5 Å². The van der Waals surface area contributed by atoms with Crippen molar-refractivity contribution in [2.24, 2.45) is 0 Å². The van der Waals surface area contributed by atoms with Crippen LogP contribution in [0.4, 0.5) is 0 Å². The predicted octanol–water partition coefficient (Wildman–Crippen LogP) is 2.56. The second-order valence-corrected chi connectivity index (χ2v) is 8.27. The first-order valence-corrected chi connectivity index (χ1v) is 11.2. The number of benzene rings is 1. The Hall–Kier alpha value is -3.39. The number of amides is 2. The zero-order valence-corrected chi connectivity index (χ0v) is 17.9. The Morgan fingerprint density at radius 2 is 1.84 bits per heavy atom. The van der Waals surface area contributed by atoms with Crippen LogP contribution in [0.3, 0.4) is 0 Å². The number of piperazine rings is 1. The summed E-state index contributed by atoms with van der Waals surface area (Å²) in [6.07, 6.45) is 4.56. The zero-order valence-electron chi connectivity index (χ0n) is 17.9. The molecule has 0 aliphatic carbocycles. The first-order valence-electron chi connectivity index (χ1n) is 11.2. The van der Waals surface area contributed by atoms with Crippen molar-refractivity contribution in [3.05, 3.63) is 60.5 Å². The normalized spacial score (nSPS) is 20.1. The lowest BCUT2D eigenvalue weighted by Gasteiger charge is -2.38. The maximum atomic E-state index is 13.5. The van der Waals surface area contributed by atoms with Crippen LogP contribution in [0.25, 0.3) is 17.1 Å². The highest BCUT2D eigenvalue weighted by molar-refractivity contribution is 5.94. The summed E-state index contributed by atoms with van der Waals surface area (Å²) in [6, 6.07) is 15.0. The number of hydrogen-bond donors (Lipinski definition) is 1. The maximum Gasteiger partial charge on any atom is 0.272 e. The molecule has 0 saturated carbocycles. The van der Waals surface area contributed by atoms with Gasteiger partial charge in [0.1, 0.15) is 11.4 Å². The Morgan fingerprint density at radius 3 is 2.59 bits per heavy atom. The van der Waals surface area contributed by atoms with Crippen molar-refractivity contribution in [2.45, 2.75) is 25.3 Å². The molecule has 2 fully saturated rings. The Morgan fingerprint density at radius 1 is 1.03 bits per heavy atom. The molecular formula is C24H27N5O3. The Kier molecular flexibility index (Phi) is 5.77. The molecule has 3 aromatic rings. The number of nitrogens with zero attached hydrogens (tertiary/aromatic N) is 4. The average Bonchev–Trinajstić information content (AvgIpc) is 3.47. The van der Waals surface area contributed by atoms with Gasteiger partial charge in [-0.05, 0) is 43.5 Å². The third-order valence-corrected chi connectivity index (χ3v) is 6.25. The number of carbonyl (C=O) groups is 2. The van der Waals surface area contributed by atoms with Crippen molar-refractivity contribution < 1.29 is 14.0 Å². The molecule has 2 amide bonds. The molecule has 0 unspecified atom stereocenters. The van der Waals surface area contributed by atoms with Crippen LogP contribution in [0.1, 0.15) is 29.8 Å². The van der Waals surface area contributed by atoms with Crippen molar-refractivity contribution >= 4 is 11.8 Å². The van der Waals surface area contributed by atoms with Crippen molar-refractivity contribution in [1.29, 1.82) is 0 Å². The lowest BCUT2D eigenvalue weighted by Crippen LogP contribution is -2.55. The molecule has 2 aliphatic heterocycles. The summed E-state index contributed by atoms with van der Waals surface area (Å²) in [4.78, 5) is 30.0. The van der Waals surface area contributed by atoms with Crippen LogP contribution < -0.4 is 5.32 Å². The summed E-state index contributed by atoms with van der Waals surface area (Å²) in [6.45, 7) is 3.30. The van der Waals surface area contributed by atoms with Crippen molar-refractivity contribution in [2.75, 3.05) is 32.7 Å². The van der Waals surface area contributed by atoms with Gasteiger partial charge in [-0.2, -0.15) is 5.10 Å². The summed E-state index contributed by atoms with van der Waals surface area (Å²) in [5, 5.41) is 7.67. The summed E-state index contributed by atoms with van der Waals surface area (Å²) in [5.41, 5.74) is 1.95. The van der Waals surface area contributed by atoms with E-state index in [2.05, 4.69) is 15.3 Å². The van der Waals surface area contributed by atoms with E-state index in [-0.39, 0.29) is 17.9 Å². The summed E-state index contributed by atoms with van der Waals surface area (Å²) in [7, 11) is 0. The number of hydrogen-bond acceptors (Lipinski definition) is 5. The van der Waals surface area contributed by atoms with Gasteiger partial charge in [0.25, 0.3) is 5.91 Å². The van der Waals surface area contributed by atoms with Gasteiger partial charge in [-0.25, -0.2) is 4.68 Å². The molecule has 0 radical (unpaired) electrons. The van der Waals surface area contributed by atoms with E-state index in [1.807, 2.05) is 41.3 Å². The topological polar surface area (TPSA) is 83.6 Å². The van der Waals surface area contributed by atoms with Crippen molar-refractivity contribution in [3.63, 3.8) is 0 Å². The van der Waals surface area contributed by atoms with Gasteiger partial charge in [-0.1, -0.05) is 18.2 Å². The van der Waals surface area contributed by atoms with Crippen LogP contribution in [0, 0.1) is 0 Å². The molecule has 5 rings (SSSR count). The van der Waals surface area contributed by atoms with Crippen molar-refractivity contribution in [3.8, 4) is 17.1 Å². The Balaban J connectivity index is 1.36. The third kappa shape index (κ3) is 4.05. The van der Waals surface area contributed by atoms with Gasteiger partial charge in [0.15, 0.2) is 5.76 Å². The number of carbonyl (C=O) groups excluding carboxylic acids is 2. The zero-order chi connectivity index (χ0) is 21.9. The van der Waals surface area contributed by atoms with Gasteiger partial charge < -0.3 is 14.6 Å². The van der Waals surface area contributed by atoms with Gasteiger partial charge >= 0.3 is 0 Å². The van der Waals surface area contributed by atoms with Gasteiger partial charge in [0, 0.05) is 38.8 Å². The molecule has 2 aromatic heterocycles. The van der Waals surface area contributed by atoms with E-state index in [1.54, 1.807) is 23.1 Å². The van der Waals surface area contributed by atoms with Gasteiger partial charge in [0.2, 0.25) is 5.91 Å². The number of rotatable bonds is 4. The van der Waals surface area contributed by atoms with Gasteiger partial charge in [0.05, 0.1) is 18.0 Å². The van der Waals surface area contributed by atoms with Crippen molar-refractivity contribution in [1.82, 2.24) is 24.9 Å². The highest BCUT2D eigenvalue weighted by Gasteiger charge is 2.32. The summed E-state index contributed by atoms with van der Waals surface area (Å²) < 4.78 is 7.19. The second-order valence-electron chi connectivity index (χ2n) is 8.27. The van der Waals surface area contributed by atoms with Crippen LogP contribution in [0.2, 0.25) is 0 Å². The molecule has 166 valence electrons. The number of para-hydroxylation sites is 1. The molecule has 8 heteroatoms. The number of aromatic nitrogens is 2. The molecule has 1 aromatic carbocycles. The minimum atomic E-state index is -0.0878. The van der Waals surface area contributed by atoms with Gasteiger partial charge in [-0.15, -0.1) is 0 Å². The highest BCUT2D eigenvalue weighted by atomic mass is 16.3. The molecule has 2 saturated heterocycles. The predicted molar refractivity (Wildman–Crippen MR) is 119 cm³/mol. The van der Waals surface area contributed by atoms with E-state index in [0.29, 0.717) is 43.3 Å². The Labute approximate surface area is 186 Å². The third-order valence-electron chi connectivity index (χ3n) is 6.25. The summed E-state index contributed by atoms with van der Waals surface area (Å²) in [5.74, 6) is 0.676. The van der Waals surface area contributed by atoms with E-state index in [0.717, 1.165) is 31.5 Å². The Bertz CT molecular complexity index is 1070. The summed E-state index contributed by atoms with van der Waals surface area (Å²) >= 11 is 0.